The molecule has 198 valence electrons. The van der Waals surface area contributed by atoms with Gasteiger partial charge in [0.15, 0.2) is 0 Å². The van der Waals surface area contributed by atoms with Crippen molar-refractivity contribution < 1.29 is 23.8 Å². The number of halogens is 1. The van der Waals surface area contributed by atoms with Gasteiger partial charge in [-0.1, -0.05) is 38.7 Å². The first kappa shape index (κ1) is 27.9. The van der Waals surface area contributed by atoms with Crippen LogP contribution in [0.3, 0.4) is 0 Å². The Morgan fingerprint density at radius 1 is 1.35 bits per heavy atom. The van der Waals surface area contributed by atoms with E-state index in [0.717, 1.165) is 6.42 Å². The number of carbonyl (C=O) groups is 2. The number of hydrogen-bond donors (Lipinski definition) is 2. The number of urea groups is 1. The minimum absolute atomic E-state index is 0.157. The molecule has 3 amide bonds. The molecule has 1 aliphatic rings. The van der Waals surface area contributed by atoms with Crippen LogP contribution in [0.25, 0.3) is 0 Å². The molecule has 0 fully saturated rings. The van der Waals surface area contributed by atoms with E-state index in [2.05, 4.69) is 36.0 Å². The average molecular weight is 511 g/mol. The van der Waals surface area contributed by atoms with E-state index in [4.69, 9.17) is 4.74 Å². The van der Waals surface area contributed by atoms with Crippen LogP contribution in [0, 0.1) is 29.5 Å². The van der Waals surface area contributed by atoms with Gasteiger partial charge >= 0.3 is 6.03 Å². The zero-order chi connectivity index (χ0) is 27.1. The maximum Gasteiger partial charge on any atom is 0.321 e. The number of likely N-dealkylation sites (N-methyl/N-ethyl adjacent to an activating group) is 1. The molecule has 1 aromatic heterocycles. The van der Waals surface area contributed by atoms with Crippen LogP contribution in [0.5, 0.6) is 5.88 Å². The third kappa shape index (κ3) is 7.43. The van der Waals surface area contributed by atoms with Gasteiger partial charge in [-0.25, -0.2) is 14.2 Å². The third-order valence-electron chi connectivity index (χ3n) is 6.14. The fourth-order valence-electron chi connectivity index (χ4n) is 3.88. The number of rotatable bonds is 6. The molecule has 0 bridgehead atoms. The van der Waals surface area contributed by atoms with Crippen molar-refractivity contribution >= 4 is 17.6 Å². The molecule has 9 heteroatoms. The number of carbonyl (C=O) groups excluding carboxylic acids is 2. The number of ether oxygens (including phenoxy) is 1. The quantitative estimate of drug-likeness (QED) is 0.573. The van der Waals surface area contributed by atoms with Crippen molar-refractivity contribution in [2.45, 2.75) is 46.3 Å². The molecule has 8 nitrogen and oxygen atoms in total. The van der Waals surface area contributed by atoms with Crippen LogP contribution in [0.4, 0.5) is 14.9 Å². The van der Waals surface area contributed by atoms with Gasteiger partial charge in [0.1, 0.15) is 17.5 Å². The molecular formula is C28H35FN4O4. The summed E-state index contributed by atoms with van der Waals surface area (Å²) in [6, 6.07) is 6.48. The summed E-state index contributed by atoms with van der Waals surface area (Å²) < 4.78 is 19.7. The van der Waals surface area contributed by atoms with Crippen LogP contribution in [-0.2, 0) is 0 Å². The number of amides is 3. The van der Waals surface area contributed by atoms with E-state index in [-0.39, 0.29) is 36.4 Å². The molecule has 1 aromatic carbocycles. The van der Waals surface area contributed by atoms with Crippen LogP contribution in [0.1, 0.15) is 50.0 Å². The highest BCUT2D eigenvalue weighted by Gasteiger charge is 2.34. The molecule has 0 unspecified atom stereocenters. The van der Waals surface area contributed by atoms with Crippen molar-refractivity contribution in [3.8, 4) is 17.7 Å². The van der Waals surface area contributed by atoms with Crippen molar-refractivity contribution in [2.75, 3.05) is 32.1 Å². The Morgan fingerprint density at radius 2 is 2.11 bits per heavy atom. The second kappa shape index (κ2) is 12.5. The number of pyridine rings is 1. The minimum atomic E-state index is -0.506. The monoisotopic (exact) mass is 510 g/mol. The van der Waals surface area contributed by atoms with E-state index in [1.54, 1.807) is 37.2 Å². The number of nitrogens with one attached hydrogen (secondary N) is 1. The van der Waals surface area contributed by atoms with Crippen molar-refractivity contribution in [1.29, 1.82) is 0 Å². The molecule has 0 radical (unpaired) electrons. The van der Waals surface area contributed by atoms with Gasteiger partial charge in [0.25, 0.3) is 5.91 Å². The molecule has 0 saturated heterocycles. The zero-order valence-corrected chi connectivity index (χ0v) is 22.0. The fourth-order valence-corrected chi connectivity index (χ4v) is 3.88. The third-order valence-corrected chi connectivity index (χ3v) is 6.14. The molecule has 3 atom stereocenters. The molecule has 2 N–H and O–H groups in total. The maximum atomic E-state index is 13.5. The van der Waals surface area contributed by atoms with Crippen LogP contribution >= 0.6 is 0 Å². The number of aliphatic hydroxyl groups is 1. The summed E-state index contributed by atoms with van der Waals surface area (Å²) in [5, 5.41) is 12.5. The van der Waals surface area contributed by atoms with Gasteiger partial charge in [-0.15, -0.1) is 0 Å². The lowest BCUT2D eigenvalue weighted by atomic mass is 10.00. The van der Waals surface area contributed by atoms with Gasteiger partial charge in [0.05, 0.1) is 19.2 Å². The fraction of sp³-hybridized carbons (Fsp3) is 0.464. The summed E-state index contributed by atoms with van der Waals surface area (Å²) in [4.78, 5) is 33.7. The second-order valence-electron chi connectivity index (χ2n) is 9.92. The molecule has 2 aromatic rings. The van der Waals surface area contributed by atoms with Gasteiger partial charge in [-0.3, -0.25) is 4.79 Å². The summed E-state index contributed by atoms with van der Waals surface area (Å²) in [5.74, 6) is 5.81. The summed E-state index contributed by atoms with van der Waals surface area (Å²) in [5.41, 5.74) is 1.21. The Morgan fingerprint density at radius 3 is 2.78 bits per heavy atom. The van der Waals surface area contributed by atoms with Crippen molar-refractivity contribution in [2.24, 2.45) is 11.8 Å². The molecule has 0 spiro atoms. The van der Waals surface area contributed by atoms with Crippen LogP contribution in [0.2, 0.25) is 0 Å². The largest absolute Gasteiger partial charge is 0.472 e. The summed E-state index contributed by atoms with van der Waals surface area (Å²) in [6.07, 6.45) is 1.79. The number of fused-ring (bicyclic) bond motifs is 1. The first-order chi connectivity index (χ1) is 17.6. The molecule has 0 aliphatic carbocycles. The Hall–Kier alpha value is -3.64. The summed E-state index contributed by atoms with van der Waals surface area (Å²) in [6.45, 7) is 8.16. The number of benzene rings is 1. The van der Waals surface area contributed by atoms with Gasteiger partial charge < -0.3 is 25.0 Å². The number of hydrogen-bond acceptors (Lipinski definition) is 5. The van der Waals surface area contributed by atoms with Gasteiger partial charge in [0, 0.05) is 43.4 Å². The molecule has 2 heterocycles. The normalized spacial score (nSPS) is 18.1. The first-order valence-corrected chi connectivity index (χ1v) is 12.4. The molecular weight excluding hydrogens is 475 g/mol. The summed E-state index contributed by atoms with van der Waals surface area (Å²) in [7, 11) is 1.62. The van der Waals surface area contributed by atoms with E-state index < -0.39 is 24.0 Å². The molecule has 1 aliphatic heterocycles. The topological polar surface area (TPSA) is 95.0 Å². The predicted molar refractivity (Wildman–Crippen MR) is 140 cm³/mol. The Labute approximate surface area is 217 Å². The molecule has 3 rings (SSSR count). The number of aliphatic hydroxyl groups excluding tert-OH is 1. The number of anilines is 1. The molecule has 37 heavy (non-hydrogen) atoms. The number of aromatic nitrogens is 1. The highest BCUT2D eigenvalue weighted by molar-refractivity contribution is 5.97. The van der Waals surface area contributed by atoms with E-state index in [9.17, 15) is 19.1 Å². The van der Waals surface area contributed by atoms with Crippen molar-refractivity contribution in [3.05, 3.63) is 53.5 Å². The van der Waals surface area contributed by atoms with Gasteiger partial charge in [-0.05, 0) is 37.1 Å². The lowest BCUT2D eigenvalue weighted by Gasteiger charge is -2.37. The van der Waals surface area contributed by atoms with Gasteiger partial charge in [0.2, 0.25) is 5.88 Å². The van der Waals surface area contributed by atoms with E-state index in [0.29, 0.717) is 23.7 Å². The standard InChI is InChI=1S/C28H35FN4O4/c1-18(2)8-6-9-21-12-24-26(30-14-21)37-25(19(3)15-33(27(24)35)20(4)17-34)16-32(5)28(36)31-23-11-7-10-22(29)13-23/h7,10-14,18-20,25,34H,8,15-17H2,1-5H3,(H,31,36)/t19-,20-,25-/m1/s1. The van der Waals surface area contributed by atoms with E-state index >= 15 is 0 Å². The average Bonchev–Trinajstić information content (AvgIpc) is 2.85. The highest BCUT2D eigenvalue weighted by Crippen LogP contribution is 2.27. The Kier molecular flexibility index (Phi) is 9.48. The molecule has 0 saturated carbocycles. The first-order valence-electron chi connectivity index (χ1n) is 12.4. The highest BCUT2D eigenvalue weighted by atomic mass is 19.1. The Balaban J connectivity index is 1.87. The van der Waals surface area contributed by atoms with Crippen LogP contribution in [-0.4, -0.2) is 70.7 Å². The number of nitrogens with zero attached hydrogens (tertiary/aromatic N) is 3. The SMILES string of the molecule is CC(C)CC#Cc1cnc2c(c1)C(=O)N([C@H](C)CO)C[C@@H](C)[C@@H](CN(C)C(=O)Nc1cccc(F)c1)O2. The minimum Gasteiger partial charge on any atom is -0.472 e. The smallest absolute Gasteiger partial charge is 0.321 e. The lowest BCUT2D eigenvalue weighted by molar-refractivity contribution is 0.0356. The van der Waals surface area contributed by atoms with Crippen LogP contribution < -0.4 is 10.1 Å². The van der Waals surface area contributed by atoms with Crippen LogP contribution in [0.15, 0.2) is 36.5 Å². The second-order valence-corrected chi connectivity index (χ2v) is 9.92. The van der Waals surface area contributed by atoms with Crippen molar-refractivity contribution in [3.63, 3.8) is 0 Å². The van der Waals surface area contributed by atoms with Gasteiger partial charge in [-0.2, -0.15) is 0 Å². The zero-order valence-electron chi connectivity index (χ0n) is 22.0. The van der Waals surface area contributed by atoms with E-state index in [1.807, 2.05) is 6.92 Å². The Bertz CT molecular complexity index is 1180. The van der Waals surface area contributed by atoms with Crippen molar-refractivity contribution in [1.82, 2.24) is 14.8 Å². The van der Waals surface area contributed by atoms with E-state index in [1.165, 1.54) is 23.1 Å². The summed E-state index contributed by atoms with van der Waals surface area (Å²) >= 11 is 0. The predicted octanol–water partition coefficient (Wildman–Crippen LogP) is 4.00. The lowest BCUT2D eigenvalue weighted by Crippen LogP contribution is -2.50. The maximum absolute atomic E-state index is 13.5.